The van der Waals surface area contributed by atoms with Gasteiger partial charge in [-0.1, -0.05) is 12.5 Å². The van der Waals surface area contributed by atoms with Gasteiger partial charge in [0.25, 0.3) is 5.88 Å². The van der Waals surface area contributed by atoms with Crippen molar-refractivity contribution < 1.29 is 9.66 Å². The molecule has 0 bridgehead atoms. The normalized spacial score (nSPS) is 10.0. The number of nitrogens with one attached hydrogen (secondary N) is 1. The molecule has 0 aliphatic heterocycles. The van der Waals surface area contributed by atoms with E-state index in [0.29, 0.717) is 19.6 Å². The lowest BCUT2D eigenvalue weighted by molar-refractivity contribution is -0.385. The largest absolute Gasteiger partial charge is 0.472 e. The van der Waals surface area contributed by atoms with Gasteiger partial charge in [-0.15, -0.1) is 6.58 Å². The molecule has 0 unspecified atom stereocenters. The van der Waals surface area contributed by atoms with E-state index in [1.54, 1.807) is 0 Å². The first-order valence-electron chi connectivity index (χ1n) is 6.06. The standard InChI is InChI=1S/C12H18N4O3/c1-4-6-13-11-10(16(17)18)12(15-8-14-11)19-7-5-9(2)3/h8H,2,4-7H2,1,3H3,(H,13,14,15). The molecule has 0 aliphatic carbocycles. The molecule has 104 valence electrons. The summed E-state index contributed by atoms with van der Waals surface area (Å²) in [6.45, 7) is 8.48. The average Bonchev–Trinajstić information content (AvgIpc) is 2.35. The Hall–Kier alpha value is -2.18. The Morgan fingerprint density at radius 3 is 2.89 bits per heavy atom. The van der Waals surface area contributed by atoms with Crippen LogP contribution < -0.4 is 10.1 Å². The van der Waals surface area contributed by atoms with Crippen LogP contribution in [0.3, 0.4) is 0 Å². The Kier molecular flexibility index (Phi) is 5.72. The van der Waals surface area contributed by atoms with Gasteiger partial charge < -0.3 is 10.1 Å². The van der Waals surface area contributed by atoms with Crippen LogP contribution in [0.15, 0.2) is 18.5 Å². The molecule has 1 N–H and O–H groups in total. The predicted octanol–water partition coefficient (Wildman–Crippen LogP) is 2.55. The maximum Gasteiger partial charge on any atom is 0.372 e. The molecule has 0 aromatic carbocycles. The van der Waals surface area contributed by atoms with E-state index in [0.717, 1.165) is 12.0 Å². The van der Waals surface area contributed by atoms with Gasteiger partial charge in [-0.25, -0.2) is 4.98 Å². The van der Waals surface area contributed by atoms with Gasteiger partial charge in [0, 0.05) is 13.0 Å². The highest BCUT2D eigenvalue weighted by Gasteiger charge is 2.24. The fraction of sp³-hybridized carbons (Fsp3) is 0.500. The van der Waals surface area contributed by atoms with Gasteiger partial charge in [-0.05, 0) is 13.3 Å². The summed E-state index contributed by atoms with van der Waals surface area (Å²) in [4.78, 5) is 18.3. The summed E-state index contributed by atoms with van der Waals surface area (Å²) >= 11 is 0. The number of ether oxygens (including phenoxy) is 1. The Labute approximate surface area is 111 Å². The molecule has 19 heavy (non-hydrogen) atoms. The summed E-state index contributed by atoms with van der Waals surface area (Å²) in [6, 6.07) is 0. The summed E-state index contributed by atoms with van der Waals surface area (Å²) < 4.78 is 5.34. The molecule has 0 spiro atoms. The van der Waals surface area contributed by atoms with Crippen molar-refractivity contribution in [2.24, 2.45) is 0 Å². The van der Waals surface area contributed by atoms with Gasteiger partial charge in [0.1, 0.15) is 6.33 Å². The van der Waals surface area contributed by atoms with Crippen LogP contribution in [0.2, 0.25) is 0 Å². The van der Waals surface area contributed by atoms with Crippen molar-refractivity contribution >= 4 is 11.5 Å². The van der Waals surface area contributed by atoms with E-state index >= 15 is 0 Å². The second-order valence-corrected chi connectivity index (χ2v) is 4.12. The third-order valence-electron chi connectivity index (χ3n) is 2.28. The minimum Gasteiger partial charge on any atom is -0.472 e. The van der Waals surface area contributed by atoms with Gasteiger partial charge in [0.15, 0.2) is 0 Å². The zero-order chi connectivity index (χ0) is 14.3. The molecule has 0 radical (unpaired) electrons. The number of anilines is 1. The maximum atomic E-state index is 11.1. The minimum absolute atomic E-state index is 0.0140. The van der Waals surface area contributed by atoms with Gasteiger partial charge >= 0.3 is 5.69 Å². The van der Waals surface area contributed by atoms with Crippen molar-refractivity contribution in [1.29, 1.82) is 0 Å². The van der Waals surface area contributed by atoms with E-state index in [1.165, 1.54) is 6.33 Å². The number of rotatable bonds is 8. The van der Waals surface area contributed by atoms with Gasteiger partial charge in [-0.3, -0.25) is 10.1 Å². The van der Waals surface area contributed by atoms with E-state index < -0.39 is 4.92 Å². The first kappa shape index (κ1) is 14.9. The molecule has 1 heterocycles. The Bertz CT molecular complexity index is 462. The van der Waals surface area contributed by atoms with Gasteiger partial charge in [0.05, 0.1) is 11.5 Å². The van der Waals surface area contributed by atoms with E-state index in [1.807, 2.05) is 13.8 Å². The first-order chi connectivity index (χ1) is 9.06. The van der Waals surface area contributed by atoms with E-state index in [-0.39, 0.29) is 17.4 Å². The van der Waals surface area contributed by atoms with Crippen LogP contribution in [0.4, 0.5) is 11.5 Å². The first-order valence-corrected chi connectivity index (χ1v) is 6.06. The lowest BCUT2D eigenvalue weighted by Crippen LogP contribution is -2.09. The Morgan fingerprint density at radius 1 is 1.58 bits per heavy atom. The van der Waals surface area contributed by atoms with Crippen LogP contribution in [0.5, 0.6) is 5.88 Å². The highest BCUT2D eigenvalue weighted by molar-refractivity contribution is 5.61. The molecule has 1 aromatic heterocycles. The SMILES string of the molecule is C=C(C)CCOc1ncnc(NCCC)c1[N+](=O)[O-]. The van der Waals surface area contributed by atoms with Crippen molar-refractivity contribution in [3.63, 3.8) is 0 Å². The predicted molar refractivity (Wildman–Crippen MR) is 72.4 cm³/mol. The highest BCUT2D eigenvalue weighted by atomic mass is 16.6. The molecular weight excluding hydrogens is 248 g/mol. The maximum absolute atomic E-state index is 11.1. The van der Waals surface area contributed by atoms with Crippen LogP contribution in [-0.4, -0.2) is 28.0 Å². The van der Waals surface area contributed by atoms with Crippen LogP contribution in [0.1, 0.15) is 26.7 Å². The van der Waals surface area contributed by atoms with Gasteiger partial charge in [-0.2, -0.15) is 4.98 Å². The minimum atomic E-state index is -0.534. The monoisotopic (exact) mass is 266 g/mol. The Morgan fingerprint density at radius 2 is 2.32 bits per heavy atom. The molecule has 1 aromatic rings. The average molecular weight is 266 g/mol. The summed E-state index contributed by atoms with van der Waals surface area (Å²) in [5, 5.41) is 14.0. The second kappa shape index (κ2) is 7.30. The quantitative estimate of drug-likeness (QED) is 0.442. The number of hydrogen-bond acceptors (Lipinski definition) is 6. The summed E-state index contributed by atoms with van der Waals surface area (Å²) in [6.07, 6.45) is 2.72. The zero-order valence-corrected chi connectivity index (χ0v) is 11.2. The van der Waals surface area contributed by atoms with Crippen molar-refractivity contribution in [1.82, 2.24) is 9.97 Å². The van der Waals surface area contributed by atoms with E-state index in [2.05, 4.69) is 21.9 Å². The topological polar surface area (TPSA) is 90.2 Å². The molecule has 0 aliphatic rings. The zero-order valence-electron chi connectivity index (χ0n) is 11.2. The van der Waals surface area contributed by atoms with Crippen molar-refractivity contribution in [2.75, 3.05) is 18.5 Å². The van der Waals surface area contributed by atoms with Crippen LogP contribution in [0, 0.1) is 10.1 Å². The van der Waals surface area contributed by atoms with Crippen LogP contribution in [0.25, 0.3) is 0 Å². The molecule has 0 amide bonds. The molecule has 1 rings (SSSR count). The third-order valence-corrected chi connectivity index (χ3v) is 2.28. The smallest absolute Gasteiger partial charge is 0.372 e. The van der Waals surface area contributed by atoms with Crippen molar-refractivity contribution in [3.8, 4) is 5.88 Å². The fourth-order valence-corrected chi connectivity index (χ4v) is 1.33. The van der Waals surface area contributed by atoms with Gasteiger partial charge in [0.2, 0.25) is 5.82 Å². The van der Waals surface area contributed by atoms with Crippen LogP contribution in [-0.2, 0) is 0 Å². The number of hydrogen-bond donors (Lipinski definition) is 1. The molecule has 0 saturated carbocycles. The molecule has 0 atom stereocenters. The van der Waals surface area contributed by atoms with Crippen molar-refractivity contribution in [3.05, 3.63) is 28.6 Å². The number of nitrogens with zero attached hydrogens (tertiary/aromatic N) is 3. The second-order valence-electron chi connectivity index (χ2n) is 4.12. The Balaban J connectivity index is 2.89. The van der Waals surface area contributed by atoms with Crippen molar-refractivity contribution in [2.45, 2.75) is 26.7 Å². The molecule has 0 fully saturated rings. The van der Waals surface area contributed by atoms with E-state index in [4.69, 9.17) is 4.74 Å². The lowest BCUT2D eigenvalue weighted by Gasteiger charge is -2.08. The lowest BCUT2D eigenvalue weighted by atomic mass is 10.3. The summed E-state index contributed by atoms with van der Waals surface area (Å²) in [5.74, 6) is 0.173. The number of aromatic nitrogens is 2. The fourth-order valence-electron chi connectivity index (χ4n) is 1.33. The molecule has 7 heteroatoms. The summed E-state index contributed by atoms with van der Waals surface area (Å²) in [5.41, 5.74) is 0.721. The summed E-state index contributed by atoms with van der Waals surface area (Å²) in [7, 11) is 0. The van der Waals surface area contributed by atoms with E-state index in [9.17, 15) is 10.1 Å². The number of nitro groups is 1. The molecule has 7 nitrogen and oxygen atoms in total. The van der Waals surface area contributed by atoms with Crippen LogP contribution >= 0.6 is 0 Å². The third kappa shape index (κ3) is 4.53. The highest BCUT2D eigenvalue weighted by Crippen LogP contribution is 2.30. The molecule has 0 saturated heterocycles. The molecular formula is C12H18N4O3.